The van der Waals surface area contributed by atoms with E-state index in [9.17, 15) is 4.79 Å². The second-order valence-electron chi connectivity index (χ2n) is 4.42. The molecule has 0 N–H and O–H groups in total. The van der Waals surface area contributed by atoms with Crippen molar-refractivity contribution in [3.8, 4) is 11.5 Å². The maximum Gasteiger partial charge on any atom is 0.161 e. The summed E-state index contributed by atoms with van der Waals surface area (Å²) in [6.07, 6.45) is 2.81. The highest BCUT2D eigenvalue weighted by molar-refractivity contribution is 6.20. The molecule has 1 aromatic carbocycles. The second kappa shape index (κ2) is 8.05. The summed E-state index contributed by atoms with van der Waals surface area (Å²) >= 11 is 6.04. The Labute approximate surface area is 119 Å². The number of methoxy groups -OCH3 is 1. The van der Waals surface area contributed by atoms with Gasteiger partial charge in [0.2, 0.25) is 0 Å². The highest BCUT2D eigenvalue weighted by Crippen LogP contribution is 2.28. The van der Waals surface area contributed by atoms with E-state index in [1.54, 1.807) is 25.3 Å². The Morgan fingerprint density at radius 3 is 2.68 bits per heavy atom. The lowest BCUT2D eigenvalue weighted by Crippen LogP contribution is -2.04. The molecule has 1 rings (SSSR count). The van der Waals surface area contributed by atoms with Gasteiger partial charge in [0.15, 0.2) is 17.3 Å². The maximum absolute atomic E-state index is 11.3. The van der Waals surface area contributed by atoms with Gasteiger partial charge in [-0.1, -0.05) is 6.92 Å². The number of halogens is 1. The normalized spacial score (nSPS) is 12.0. The van der Waals surface area contributed by atoms with E-state index in [1.807, 2.05) is 0 Å². The van der Waals surface area contributed by atoms with Gasteiger partial charge < -0.3 is 9.47 Å². The number of ketones is 1. The van der Waals surface area contributed by atoms with Crippen LogP contribution >= 0.6 is 11.6 Å². The number of benzene rings is 1. The highest BCUT2D eigenvalue weighted by atomic mass is 35.5. The quantitative estimate of drug-likeness (QED) is 0.410. The lowest BCUT2D eigenvalue weighted by Gasteiger charge is -2.12. The molecule has 1 aromatic rings. The van der Waals surface area contributed by atoms with E-state index in [0.29, 0.717) is 23.7 Å². The van der Waals surface area contributed by atoms with Crippen molar-refractivity contribution in [3.05, 3.63) is 23.8 Å². The van der Waals surface area contributed by atoms with Crippen LogP contribution in [0.15, 0.2) is 18.2 Å². The van der Waals surface area contributed by atoms with Crippen molar-refractivity contribution in [2.75, 3.05) is 13.7 Å². The van der Waals surface area contributed by atoms with Crippen LogP contribution in [-0.2, 0) is 0 Å². The minimum Gasteiger partial charge on any atom is -0.493 e. The van der Waals surface area contributed by atoms with Gasteiger partial charge in [-0.15, -0.1) is 11.6 Å². The first-order chi connectivity index (χ1) is 9.08. The van der Waals surface area contributed by atoms with Crippen LogP contribution in [0.5, 0.6) is 11.5 Å². The van der Waals surface area contributed by atoms with E-state index < -0.39 is 0 Å². The van der Waals surface area contributed by atoms with Crippen molar-refractivity contribution < 1.29 is 14.3 Å². The average Bonchev–Trinajstić information content (AvgIpc) is 2.42. The fourth-order valence-electron chi connectivity index (χ4n) is 1.70. The van der Waals surface area contributed by atoms with Gasteiger partial charge in [-0.25, -0.2) is 0 Å². The van der Waals surface area contributed by atoms with Crippen LogP contribution in [0.2, 0.25) is 0 Å². The molecule has 0 bridgehead atoms. The summed E-state index contributed by atoms with van der Waals surface area (Å²) in [6, 6.07) is 5.22. The molecule has 0 heterocycles. The summed E-state index contributed by atoms with van der Waals surface area (Å²) in [7, 11) is 1.57. The first-order valence-electron chi connectivity index (χ1n) is 6.54. The molecule has 0 saturated heterocycles. The Balaban J connectivity index is 2.56. The molecule has 0 aromatic heterocycles. The molecule has 0 aliphatic rings. The molecule has 1 unspecified atom stereocenters. The third-order valence-corrected chi connectivity index (χ3v) is 3.46. The number of rotatable bonds is 8. The van der Waals surface area contributed by atoms with Crippen molar-refractivity contribution in [1.82, 2.24) is 0 Å². The Morgan fingerprint density at radius 1 is 1.37 bits per heavy atom. The summed E-state index contributed by atoms with van der Waals surface area (Å²) in [4.78, 5) is 11.3. The molecule has 0 aliphatic heterocycles. The number of Topliss-reactive ketones (excluding diaryl/α,β-unsaturated/α-hetero) is 1. The second-order valence-corrected chi connectivity index (χ2v) is 5.04. The number of carbonyl (C=O) groups excluding carboxylic acids is 1. The molecule has 19 heavy (non-hydrogen) atoms. The predicted octanol–water partition coefficient (Wildman–Crippen LogP) is 4.07. The first kappa shape index (κ1) is 15.8. The lowest BCUT2D eigenvalue weighted by molar-refractivity contribution is 0.101. The lowest BCUT2D eigenvalue weighted by atomic mass is 10.1. The van der Waals surface area contributed by atoms with E-state index in [1.165, 1.54) is 6.92 Å². The van der Waals surface area contributed by atoms with E-state index in [-0.39, 0.29) is 11.2 Å². The van der Waals surface area contributed by atoms with Gasteiger partial charge in [-0.2, -0.15) is 0 Å². The number of alkyl halides is 1. The van der Waals surface area contributed by atoms with E-state index in [2.05, 4.69) is 6.92 Å². The Bertz CT molecular complexity index is 418. The van der Waals surface area contributed by atoms with Crippen molar-refractivity contribution in [2.45, 2.75) is 38.5 Å². The van der Waals surface area contributed by atoms with Crippen molar-refractivity contribution in [3.63, 3.8) is 0 Å². The first-order valence-corrected chi connectivity index (χ1v) is 6.98. The largest absolute Gasteiger partial charge is 0.493 e. The zero-order valence-corrected chi connectivity index (χ0v) is 12.5. The molecule has 0 aliphatic carbocycles. The molecular weight excluding hydrogens is 264 g/mol. The fraction of sp³-hybridized carbons (Fsp3) is 0.533. The minimum atomic E-state index is 0.0118. The van der Waals surface area contributed by atoms with Gasteiger partial charge in [0.25, 0.3) is 0 Å². The average molecular weight is 285 g/mol. The monoisotopic (exact) mass is 284 g/mol. The SMILES string of the molecule is CCC(Cl)CCCOc1ccc(C(C)=O)cc1OC. The third kappa shape index (κ3) is 5.11. The predicted molar refractivity (Wildman–Crippen MR) is 77.7 cm³/mol. The number of hydrogen-bond donors (Lipinski definition) is 0. The fourth-order valence-corrected chi connectivity index (χ4v) is 1.85. The molecule has 0 fully saturated rings. The summed E-state index contributed by atoms with van der Waals surface area (Å²) in [5.41, 5.74) is 0.621. The van der Waals surface area contributed by atoms with Gasteiger partial charge >= 0.3 is 0 Å². The Kier molecular flexibility index (Phi) is 6.71. The van der Waals surface area contributed by atoms with Gasteiger partial charge in [0.05, 0.1) is 13.7 Å². The van der Waals surface area contributed by atoms with Crippen LogP contribution in [0.25, 0.3) is 0 Å². The van der Waals surface area contributed by atoms with Crippen LogP contribution in [0, 0.1) is 0 Å². The summed E-state index contributed by atoms with van der Waals surface area (Å²) in [5, 5.41) is 0.214. The zero-order valence-electron chi connectivity index (χ0n) is 11.7. The zero-order chi connectivity index (χ0) is 14.3. The number of ether oxygens (including phenoxy) is 2. The molecule has 1 atom stereocenters. The smallest absolute Gasteiger partial charge is 0.161 e. The van der Waals surface area contributed by atoms with Crippen molar-refractivity contribution in [1.29, 1.82) is 0 Å². The van der Waals surface area contributed by atoms with Gasteiger partial charge in [-0.05, 0) is 44.4 Å². The molecule has 0 saturated carbocycles. The summed E-state index contributed by atoms with van der Waals surface area (Å²) < 4.78 is 10.9. The van der Waals surface area contributed by atoms with Gasteiger partial charge in [0, 0.05) is 10.9 Å². The van der Waals surface area contributed by atoms with E-state index in [0.717, 1.165) is 19.3 Å². The Hall–Kier alpha value is -1.22. The molecule has 3 nitrogen and oxygen atoms in total. The molecule has 0 amide bonds. The maximum atomic E-state index is 11.3. The minimum absolute atomic E-state index is 0.0118. The van der Waals surface area contributed by atoms with E-state index >= 15 is 0 Å². The van der Waals surface area contributed by atoms with Crippen molar-refractivity contribution >= 4 is 17.4 Å². The van der Waals surface area contributed by atoms with Crippen LogP contribution < -0.4 is 9.47 Å². The van der Waals surface area contributed by atoms with E-state index in [4.69, 9.17) is 21.1 Å². The molecule has 0 radical (unpaired) electrons. The van der Waals surface area contributed by atoms with Crippen molar-refractivity contribution in [2.24, 2.45) is 0 Å². The molecular formula is C15H21ClO3. The Morgan fingerprint density at radius 2 is 2.11 bits per heavy atom. The van der Waals surface area contributed by atoms with Gasteiger partial charge in [0.1, 0.15) is 0 Å². The third-order valence-electron chi connectivity index (χ3n) is 2.93. The number of hydrogen-bond acceptors (Lipinski definition) is 3. The van der Waals surface area contributed by atoms with Gasteiger partial charge in [-0.3, -0.25) is 4.79 Å². The van der Waals surface area contributed by atoms with Crippen LogP contribution in [0.1, 0.15) is 43.5 Å². The van der Waals surface area contributed by atoms with Crippen LogP contribution in [-0.4, -0.2) is 24.9 Å². The molecule has 4 heteroatoms. The van der Waals surface area contributed by atoms with Crippen LogP contribution in [0.4, 0.5) is 0 Å². The van der Waals surface area contributed by atoms with Crippen LogP contribution in [0.3, 0.4) is 0 Å². The topological polar surface area (TPSA) is 35.5 Å². The molecule has 0 spiro atoms. The highest BCUT2D eigenvalue weighted by Gasteiger charge is 2.08. The molecule has 106 valence electrons. The summed E-state index contributed by atoms with van der Waals surface area (Å²) in [5.74, 6) is 1.26. The summed E-state index contributed by atoms with van der Waals surface area (Å²) in [6.45, 7) is 4.20. The number of carbonyl (C=O) groups is 1. The standard InChI is InChI=1S/C15H21ClO3/c1-4-13(16)6-5-9-19-14-8-7-12(11(2)17)10-15(14)18-3/h7-8,10,13H,4-6,9H2,1-3H3.